The van der Waals surface area contributed by atoms with Gasteiger partial charge in [0.25, 0.3) is 0 Å². The smallest absolute Gasteiger partial charge is 0.243 e. The Bertz CT molecular complexity index is 1230. The van der Waals surface area contributed by atoms with E-state index < -0.39 is 5.92 Å². The van der Waals surface area contributed by atoms with Crippen molar-refractivity contribution in [2.75, 3.05) is 37.7 Å². The highest BCUT2D eigenvalue weighted by atomic mass is 16.5. The number of anilines is 1. The number of hydrogen-bond donors (Lipinski definition) is 1. The van der Waals surface area contributed by atoms with Crippen LogP contribution in [0.25, 0.3) is 11.0 Å². The molecular formula is C28H33N5O3. The molecule has 1 N–H and O–H groups in total. The van der Waals surface area contributed by atoms with Crippen LogP contribution in [-0.4, -0.2) is 48.7 Å². The molecule has 3 aromatic rings. The van der Waals surface area contributed by atoms with Gasteiger partial charge in [0.2, 0.25) is 5.91 Å². The van der Waals surface area contributed by atoms with Crippen molar-refractivity contribution in [1.82, 2.24) is 15.3 Å². The van der Waals surface area contributed by atoms with E-state index in [4.69, 9.17) is 19.4 Å². The third-order valence-corrected chi connectivity index (χ3v) is 6.22. The van der Waals surface area contributed by atoms with Gasteiger partial charge in [-0.25, -0.2) is 9.97 Å². The van der Waals surface area contributed by atoms with E-state index in [9.17, 15) is 10.1 Å². The number of carbonyl (C=O) groups is 1. The van der Waals surface area contributed by atoms with Gasteiger partial charge in [-0.1, -0.05) is 18.2 Å². The lowest BCUT2D eigenvalue weighted by Crippen LogP contribution is -2.35. The molecule has 0 bridgehead atoms. The van der Waals surface area contributed by atoms with Gasteiger partial charge in [0.05, 0.1) is 30.3 Å². The van der Waals surface area contributed by atoms with E-state index in [0.717, 1.165) is 37.0 Å². The number of piperidine rings is 1. The van der Waals surface area contributed by atoms with Crippen LogP contribution >= 0.6 is 0 Å². The fourth-order valence-electron chi connectivity index (χ4n) is 4.46. The van der Waals surface area contributed by atoms with Gasteiger partial charge in [-0.2, -0.15) is 5.26 Å². The summed E-state index contributed by atoms with van der Waals surface area (Å²) in [5.41, 5.74) is 2.88. The van der Waals surface area contributed by atoms with Crippen LogP contribution in [0.15, 0.2) is 42.5 Å². The van der Waals surface area contributed by atoms with Crippen LogP contribution in [0.1, 0.15) is 50.3 Å². The van der Waals surface area contributed by atoms with Gasteiger partial charge >= 0.3 is 0 Å². The SMILES string of the molecule is CCOc1ccc(CCNC(=O)C(C#N)c2nc3ccccc3nc2N2CCCCC2)cc1OCC. The van der Waals surface area contributed by atoms with Crippen molar-refractivity contribution in [3.8, 4) is 17.6 Å². The van der Waals surface area contributed by atoms with Gasteiger partial charge in [-0.05, 0) is 69.4 Å². The topological polar surface area (TPSA) is 100 Å². The Morgan fingerprint density at radius 3 is 2.42 bits per heavy atom. The van der Waals surface area contributed by atoms with Crippen LogP contribution in [0.3, 0.4) is 0 Å². The van der Waals surface area contributed by atoms with E-state index >= 15 is 0 Å². The largest absolute Gasteiger partial charge is 0.490 e. The lowest BCUT2D eigenvalue weighted by molar-refractivity contribution is -0.121. The molecule has 4 rings (SSSR count). The van der Waals surface area contributed by atoms with Gasteiger partial charge < -0.3 is 19.7 Å². The molecule has 0 radical (unpaired) electrons. The first kappa shape index (κ1) is 25.2. The zero-order chi connectivity index (χ0) is 25.3. The number of rotatable bonds is 10. The van der Waals surface area contributed by atoms with Crippen LogP contribution in [0.4, 0.5) is 5.82 Å². The van der Waals surface area contributed by atoms with Crippen LogP contribution in [-0.2, 0) is 11.2 Å². The van der Waals surface area contributed by atoms with Gasteiger partial charge in [-0.15, -0.1) is 0 Å². The molecule has 2 heterocycles. The number of para-hydroxylation sites is 2. The summed E-state index contributed by atoms with van der Waals surface area (Å²) >= 11 is 0. The second-order valence-electron chi connectivity index (χ2n) is 8.72. The lowest BCUT2D eigenvalue weighted by Gasteiger charge is -2.29. The molecule has 8 heteroatoms. The van der Waals surface area contributed by atoms with Crippen LogP contribution in [0.2, 0.25) is 0 Å². The third-order valence-electron chi connectivity index (χ3n) is 6.22. The summed E-state index contributed by atoms with van der Waals surface area (Å²) in [7, 11) is 0. The fourth-order valence-corrected chi connectivity index (χ4v) is 4.46. The highest BCUT2D eigenvalue weighted by molar-refractivity contribution is 5.88. The number of aromatic nitrogens is 2. The molecule has 1 amide bonds. The van der Waals surface area contributed by atoms with E-state index in [2.05, 4.69) is 16.3 Å². The summed E-state index contributed by atoms with van der Waals surface area (Å²) in [5.74, 6) is 0.630. The highest BCUT2D eigenvalue weighted by Gasteiger charge is 2.29. The average Bonchev–Trinajstić information content (AvgIpc) is 2.91. The molecule has 1 aromatic heterocycles. The van der Waals surface area contributed by atoms with Gasteiger partial charge in [0.15, 0.2) is 23.2 Å². The number of ether oxygens (including phenoxy) is 2. The van der Waals surface area contributed by atoms with Crippen molar-refractivity contribution in [2.45, 2.75) is 45.4 Å². The lowest BCUT2D eigenvalue weighted by atomic mass is 10.0. The number of benzene rings is 2. The minimum Gasteiger partial charge on any atom is -0.490 e. The van der Waals surface area contributed by atoms with Crippen molar-refractivity contribution < 1.29 is 14.3 Å². The van der Waals surface area contributed by atoms with Crippen LogP contribution < -0.4 is 19.7 Å². The molecule has 1 unspecified atom stereocenters. The monoisotopic (exact) mass is 487 g/mol. The predicted molar refractivity (Wildman–Crippen MR) is 139 cm³/mol. The van der Waals surface area contributed by atoms with Crippen molar-refractivity contribution >= 4 is 22.8 Å². The molecule has 1 saturated heterocycles. The maximum absolute atomic E-state index is 13.2. The Balaban J connectivity index is 1.51. The fraction of sp³-hybridized carbons (Fsp3) is 0.429. The van der Waals surface area contributed by atoms with Gasteiger partial charge in [0, 0.05) is 19.6 Å². The minimum atomic E-state index is -1.04. The summed E-state index contributed by atoms with van der Waals surface area (Å²) in [5, 5.41) is 12.9. The molecule has 0 aliphatic carbocycles. The van der Waals surface area contributed by atoms with E-state index in [1.54, 1.807) is 0 Å². The number of nitriles is 1. The summed E-state index contributed by atoms with van der Waals surface area (Å²) in [6.45, 7) is 7.04. The number of carbonyl (C=O) groups excluding carboxylic acids is 1. The van der Waals surface area contributed by atoms with Crippen molar-refractivity contribution in [3.05, 3.63) is 53.7 Å². The summed E-state index contributed by atoms with van der Waals surface area (Å²) < 4.78 is 11.3. The third kappa shape index (κ3) is 5.85. The Morgan fingerprint density at radius 2 is 1.72 bits per heavy atom. The Labute approximate surface area is 212 Å². The number of hydrogen-bond acceptors (Lipinski definition) is 7. The van der Waals surface area contributed by atoms with E-state index in [-0.39, 0.29) is 5.91 Å². The summed E-state index contributed by atoms with van der Waals surface area (Å²) in [6.07, 6.45) is 3.89. The zero-order valence-electron chi connectivity index (χ0n) is 21.0. The Hall–Kier alpha value is -3.86. The molecule has 0 saturated carbocycles. The minimum absolute atomic E-state index is 0.365. The maximum atomic E-state index is 13.2. The molecule has 2 aromatic carbocycles. The van der Waals surface area contributed by atoms with Crippen LogP contribution in [0.5, 0.6) is 11.5 Å². The average molecular weight is 488 g/mol. The summed E-state index contributed by atoms with van der Waals surface area (Å²) in [6, 6.07) is 15.5. The second kappa shape index (κ2) is 12.2. The molecule has 188 valence electrons. The number of nitrogens with one attached hydrogen (secondary N) is 1. The first-order valence-electron chi connectivity index (χ1n) is 12.7. The normalized spacial score (nSPS) is 14.2. The number of fused-ring (bicyclic) bond motifs is 1. The van der Waals surface area contributed by atoms with E-state index in [1.165, 1.54) is 6.42 Å². The summed E-state index contributed by atoms with van der Waals surface area (Å²) in [4.78, 5) is 24.9. The molecule has 36 heavy (non-hydrogen) atoms. The Kier molecular flexibility index (Phi) is 8.56. The molecule has 1 aliphatic rings. The van der Waals surface area contributed by atoms with Gasteiger partial charge in [0.1, 0.15) is 5.69 Å². The molecule has 0 spiro atoms. The second-order valence-corrected chi connectivity index (χ2v) is 8.72. The molecule has 8 nitrogen and oxygen atoms in total. The van der Waals surface area contributed by atoms with Crippen molar-refractivity contribution in [1.29, 1.82) is 5.26 Å². The van der Waals surface area contributed by atoms with E-state index in [1.807, 2.05) is 56.3 Å². The quantitative estimate of drug-likeness (QED) is 0.453. The highest BCUT2D eigenvalue weighted by Crippen LogP contribution is 2.30. The van der Waals surface area contributed by atoms with Crippen LogP contribution in [0, 0.1) is 11.3 Å². The van der Waals surface area contributed by atoms with Gasteiger partial charge in [-0.3, -0.25) is 4.79 Å². The Morgan fingerprint density at radius 1 is 1.03 bits per heavy atom. The standard InChI is InChI=1S/C28H33N5O3/c1-3-35-24-13-12-20(18-25(24)36-4-2)14-15-30-28(34)21(19-29)26-27(33-16-8-5-9-17-33)32-23-11-7-6-10-22(23)31-26/h6-7,10-13,18,21H,3-5,8-9,14-17H2,1-2H3,(H,30,34). The predicted octanol–water partition coefficient (Wildman–Crippen LogP) is 4.38. The molecule has 1 fully saturated rings. The van der Waals surface area contributed by atoms with Crippen molar-refractivity contribution in [2.24, 2.45) is 0 Å². The molecule has 1 aliphatic heterocycles. The number of amides is 1. The molecular weight excluding hydrogens is 454 g/mol. The van der Waals surface area contributed by atoms with Crippen molar-refractivity contribution in [3.63, 3.8) is 0 Å². The maximum Gasteiger partial charge on any atom is 0.243 e. The first-order chi connectivity index (χ1) is 17.6. The first-order valence-corrected chi connectivity index (χ1v) is 12.7. The van der Waals surface area contributed by atoms with E-state index in [0.29, 0.717) is 54.7 Å². The number of nitrogens with zero attached hydrogens (tertiary/aromatic N) is 4. The zero-order valence-corrected chi connectivity index (χ0v) is 21.0. The molecule has 1 atom stereocenters.